The fourth-order valence-corrected chi connectivity index (χ4v) is 3.77. The van der Waals surface area contributed by atoms with Crippen LogP contribution in [0.2, 0.25) is 5.02 Å². The van der Waals surface area contributed by atoms with E-state index >= 15 is 0 Å². The fourth-order valence-electron chi connectivity index (χ4n) is 3.58. The van der Waals surface area contributed by atoms with Crippen molar-refractivity contribution in [2.45, 2.75) is 25.4 Å². The lowest BCUT2D eigenvalue weighted by Gasteiger charge is -2.29. The molecule has 1 aliphatic rings. The third-order valence-corrected chi connectivity index (χ3v) is 5.71. The van der Waals surface area contributed by atoms with E-state index in [-0.39, 0.29) is 36.8 Å². The van der Waals surface area contributed by atoms with Crippen molar-refractivity contribution in [1.29, 1.82) is 5.41 Å². The van der Waals surface area contributed by atoms with Crippen molar-refractivity contribution in [3.63, 3.8) is 0 Å². The summed E-state index contributed by atoms with van der Waals surface area (Å²) in [6.07, 6.45) is 1.87. The second kappa shape index (κ2) is 11.0. The third kappa shape index (κ3) is 6.70. The Bertz CT molecular complexity index is 988. The van der Waals surface area contributed by atoms with Gasteiger partial charge in [-0.25, -0.2) is 0 Å². The van der Waals surface area contributed by atoms with Gasteiger partial charge in [0.25, 0.3) is 5.91 Å². The van der Waals surface area contributed by atoms with E-state index in [1.165, 1.54) is 0 Å². The average Bonchev–Trinajstić information content (AvgIpc) is 2.77. The number of likely N-dealkylation sites (tertiary alicyclic amines) is 1. The minimum absolute atomic E-state index is 0.0710. The first-order chi connectivity index (χ1) is 15.3. The Morgan fingerprint density at radius 2 is 1.91 bits per heavy atom. The lowest BCUT2D eigenvalue weighted by atomic mass is 10.1. The summed E-state index contributed by atoms with van der Waals surface area (Å²) in [7, 11) is 2.08. The molecule has 0 radical (unpaired) electrons. The van der Waals surface area contributed by atoms with Crippen molar-refractivity contribution in [3.05, 3.63) is 64.2 Å². The van der Waals surface area contributed by atoms with Crippen LogP contribution in [0.3, 0.4) is 0 Å². The molecular formula is C23H29ClN6O2. The van der Waals surface area contributed by atoms with E-state index in [1.54, 1.807) is 42.5 Å². The molecule has 3 rings (SSSR count). The largest absolute Gasteiger partial charge is 0.384 e. The molecule has 0 spiro atoms. The first-order valence-electron chi connectivity index (χ1n) is 10.5. The van der Waals surface area contributed by atoms with Gasteiger partial charge in [0.05, 0.1) is 6.54 Å². The number of benzene rings is 2. The van der Waals surface area contributed by atoms with Gasteiger partial charge in [-0.2, -0.15) is 0 Å². The van der Waals surface area contributed by atoms with E-state index in [4.69, 9.17) is 22.7 Å². The number of nitrogen functional groups attached to an aromatic ring is 1. The molecule has 0 aromatic heterocycles. The van der Waals surface area contributed by atoms with Crippen molar-refractivity contribution < 1.29 is 9.59 Å². The highest BCUT2D eigenvalue weighted by molar-refractivity contribution is 6.30. The molecule has 2 aromatic rings. The molecule has 0 bridgehead atoms. The number of rotatable bonds is 8. The molecule has 1 aliphatic heterocycles. The van der Waals surface area contributed by atoms with E-state index in [9.17, 15) is 9.59 Å². The van der Waals surface area contributed by atoms with Crippen LogP contribution in [-0.2, 0) is 11.3 Å². The summed E-state index contributed by atoms with van der Waals surface area (Å²) in [6.45, 7) is 2.26. The Labute approximate surface area is 193 Å². The highest BCUT2D eigenvalue weighted by Gasteiger charge is 2.18. The molecule has 8 nitrogen and oxygen atoms in total. The van der Waals surface area contributed by atoms with Gasteiger partial charge in [0.2, 0.25) is 5.91 Å². The molecule has 0 saturated carbocycles. The quantitative estimate of drug-likeness (QED) is 0.307. The molecule has 6 N–H and O–H groups in total. The molecule has 0 unspecified atom stereocenters. The van der Waals surface area contributed by atoms with E-state index in [0.29, 0.717) is 21.8 Å². The van der Waals surface area contributed by atoms with E-state index in [0.717, 1.165) is 31.5 Å². The lowest BCUT2D eigenvalue weighted by molar-refractivity contribution is -0.120. The van der Waals surface area contributed by atoms with Gasteiger partial charge in [0, 0.05) is 34.4 Å². The van der Waals surface area contributed by atoms with Crippen molar-refractivity contribution in [3.8, 4) is 0 Å². The van der Waals surface area contributed by atoms with Gasteiger partial charge in [-0.1, -0.05) is 29.8 Å². The molecule has 2 amide bonds. The summed E-state index contributed by atoms with van der Waals surface area (Å²) in [5, 5.41) is 17.2. The standard InChI is InChI=1S/C23H29ClN6O2/c1-30-9-7-19(8-10-30)29-21(31)14-27-20-12-15(22(25)26)5-6-17(20)13-28-23(32)16-3-2-4-18(24)11-16/h2-6,11-12,19,27H,7-10,13-14H2,1H3,(H3,25,26)(H,28,32)(H,29,31). The number of piperidine rings is 1. The summed E-state index contributed by atoms with van der Waals surface area (Å²) < 4.78 is 0. The number of halogens is 1. The van der Waals surface area contributed by atoms with Gasteiger partial charge >= 0.3 is 0 Å². The minimum atomic E-state index is -0.255. The number of nitrogens with zero attached hydrogens (tertiary/aromatic N) is 1. The first-order valence-corrected chi connectivity index (χ1v) is 10.9. The maximum absolute atomic E-state index is 12.5. The highest BCUT2D eigenvalue weighted by Crippen LogP contribution is 2.19. The second-order valence-corrected chi connectivity index (χ2v) is 8.41. The van der Waals surface area contributed by atoms with Crippen molar-refractivity contribution in [1.82, 2.24) is 15.5 Å². The SMILES string of the molecule is CN1CCC(NC(=O)CNc2cc(C(=N)N)ccc2CNC(=O)c2cccc(Cl)c2)CC1. The highest BCUT2D eigenvalue weighted by atomic mass is 35.5. The number of anilines is 1. The predicted molar refractivity (Wildman–Crippen MR) is 127 cm³/mol. The number of hydrogen-bond acceptors (Lipinski definition) is 5. The minimum Gasteiger partial charge on any atom is -0.384 e. The van der Waals surface area contributed by atoms with Crippen LogP contribution in [0.25, 0.3) is 0 Å². The predicted octanol–water partition coefficient (Wildman–Crippen LogP) is 2.18. The molecule has 9 heteroatoms. The Morgan fingerprint density at radius 1 is 1.16 bits per heavy atom. The lowest BCUT2D eigenvalue weighted by Crippen LogP contribution is -2.45. The van der Waals surface area contributed by atoms with Crippen LogP contribution >= 0.6 is 11.6 Å². The Kier molecular flexibility index (Phi) is 8.08. The van der Waals surface area contributed by atoms with Crippen LogP contribution < -0.4 is 21.7 Å². The summed E-state index contributed by atoms with van der Waals surface area (Å²) in [4.78, 5) is 27.1. The monoisotopic (exact) mass is 456 g/mol. The summed E-state index contributed by atoms with van der Waals surface area (Å²) >= 11 is 5.96. The maximum Gasteiger partial charge on any atom is 0.251 e. The number of nitrogens with one attached hydrogen (secondary N) is 4. The number of amidine groups is 1. The third-order valence-electron chi connectivity index (χ3n) is 5.47. The number of carbonyl (C=O) groups is 2. The van der Waals surface area contributed by atoms with Crippen LogP contribution in [0.15, 0.2) is 42.5 Å². The summed E-state index contributed by atoms with van der Waals surface area (Å²) in [5.74, 6) is -0.422. The van der Waals surface area contributed by atoms with Crippen LogP contribution in [0.5, 0.6) is 0 Å². The molecule has 1 heterocycles. The van der Waals surface area contributed by atoms with Gasteiger partial charge < -0.3 is 26.6 Å². The fraction of sp³-hybridized carbons (Fsp3) is 0.348. The summed E-state index contributed by atoms with van der Waals surface area (Å²) in [5.41, 5.74) is 8.04. The zero-order chi connectivity index (χ0) is 23.1. The van der Waals surface area contributed by atoms with Gasteiger partial charge in [-0.15, -0.1) is 0 Å². The van der Waals surface area contributed by atoms with E-state index in [2.05, 4.69) is 27.9 Å². The van der Waals surface area contributed by atoms with Crippen LogP contribution in [0, 0.1) is 5.41 Å². The van der Waals surface area contributed by atoms with E-state index < -0.39 is 0 Å². The zero-order valence-electron chi connectivity index (χ0n) is 18.1. The molecule has 1 saturated heterocycles. The van der Waals surface area contributed by atoms with Gasteiger partial charge in [-0.05, 0) is 62.8 Å². The second-order valence-electron chi connectivity index (χ2n) is 7.98. The van der Waals surface area contributed by atoms with Crippen LogP contribution in [-0.4, -0.2) is 55.3 Å². The Morgan fingerprint density at radius 3 is 2.59 bits per heavy atom. The average molecular weight is 457 g/mol. The number of hydrogen-bond donors (Lipinski definition) is 5. The number of amides is 2. The van der Waals surface area contributed by atoms with Crippen molar-refractivity contribution in [2.75, 3.05) is 32.0 Å². The van der Waals surface area contributed by atoms with Crippen molar-refractivity contribution in [2.24, 2.45) is 5.73 Å². The molecule has 170 valence electrons. The van der Waals surface area contributed by atoms with Crippen molar-refractivity contribution >= 4 is 34.9 Å². The van der Waals surface area contributed by atoms with Gasteiger partial charge in [-0.3, -0.25) is 15.0 Å². The van der Waals surface area contributed by atoms with Crippen LogP contribution in [0.1, 0.15) is 34.3 Å². The molecule has 2 aromatic carbocycles. The van der Waals surface area contributed by atoms with Gasteiger partial charge in [0.15, 0.2) is 0 Å². The Balaban J connectivity index is 1.63. The zero-order valence-corrected chi connectivity index (χ0v) is 18.8. The number of nitrogens with two attached hydrogens (primary N) is 1. The molecule has 0 aliphatic carbocycles. The summed E-state index contributed by atoms with van der Waals surface area (Å²) in [6, 6.07) is 12.1. The molecule has 32 heavy (non-hydrogen) atoms. The Hall–Kier alpha value is -3.10. The maximum atomic E-state index is 12.5. The topological polar surface area (TPSA) is 123 Å². The molecule has 0 atom stereocenters. The molecule has 1 fully saturated rings. The van der Waals surface area contributed by atoms with E-state index in [1.807, 2.05) is 0 Å². The number of carbonyl (C=O) groups excluding carboxylic acids is 2. The smallest absolute Gasteiger partial charge is 0.251 e. The normalized spacial score (nSPS) is 14.6. The first kappa shape index (κ1) is 23.6. The van der Waals surface area contributed by atoms with Crippen LogP contribution in [0.4, 0.5) is 5.69 Å². The van der Waals surface area contributed by atoms with Gasteiger partial charge in [0.1, 0.15) is 5.84 Å². The molecular weight excluding hydrogens is 428 g/mol.